The van der Waals surface area contributed by atoms with Crippen LogP contribution in [0.2, 0.25) is 0 Å². The molecule has 0 spiro atoms. The molecule has 41 heavy (non-hydrogen) atoms. The van der Waals surface area contributed by atoms with E-state index >= 15 is 0 Å². The summed E-state index contributed by atoms with van der Waals surface area (Å²) < 4.78 is 22.2. The van der Waals surface area contributed by atoms with Crippen LogP contribution in [0.5, 0.6) is 11.5 Å². The molecule has 0 aromatic heterocycles. The van der Waals surface area contributed by atoms with Gasteiger partial charge in [0.1, 0.15) is 36.9 Å². The molecule has 0 aliphatic carbocycles. The van der Waals surface area contributed by atoms with Crippen LogP contribution in [0.15, 0.2) is 101 Å². The first kappa shape index (κ1) is 26.9. The van der Waals surface area contributed by atoms with Gasteiger partial charge in [-0.1, -0.05) is 49.7 Å². The molecule has 0 radical (unpaired) electrons. The zero-order valence-corrected chi connectivity index (χ0v) is 23.2. The standard InChI is InChI=1S/C35H34N2O4/c1-2-4-29-17-26(7-16-35(29)41-24-34-23-40-34)20-37-31-14-10-28(11-15-31)27-8-12-30(13-9-27)36-19-25-5-3-6-32(18-25)38-21-33-22-39-33/h3,5-20,33-34H,2,4,21-24H2,1H3. The van der Waals surface area contributed by atoms with Crippen molar-refractivity contribution in [2.24, 2.45) is 9.98 Å². The summed E-state index contributed by atoms with van der Waals surface area (Å²) in [6.45, 7) is 4.98. The maximum absolute atomic E-state index is 5.96. The van der Waals surface area contributed by atoms with E-state index in [1.165, 1.54) is 5.56 Å². The lowest BCUT2D eigenvalue weighted by Gasteiger charge is -2.11. The predicted octanol–water partition coefficient (Wildman–Crippen LogP) is 7.36. The molecule has 2 saturated heterocycles. The fourth-order valence-electron chi connectivity index (χ4n) is 4.45. The molecule has 0 bridgehead atoms. The molecule has 2 aliphatic heterocycles. The van der Waals surface area contributed by atoms with Gasteiger partial charge < -0.3 is 18.9 Å². The minimum absolute atomic E-state index is 0.241. The highest BCUT2D eigenvalue weighted by atomic mass is 16.6. The van der Waals surface area contributed by atoms with E-state index in [1.54, 1.807) is 0 Å². The van der Waals surface area contributed by atoms with E-state index in [4.69, 9.17) is 23.9 Å². The normalized spacial score (nSPS) is 17.7. The van der Waals surface area contributed by atoms with Gasteiger partial charge in [-0.25, -0.2) is 0 Å². The van der Waals surface area contributed by atoms with Crippen molar-refractivity contribution in [3.63, 3.8) is 0 Å². The molecule has 0 N–H and O–H groups in total. The highest BCUT2D eigenvalue weighted by molar-refractivity contribution is 5.83. The molecule has 6 heteroatoms. The number of epoxide rings is 2. The van der Waals surface area contributed by atoms with Crippen LogP contribution >= 0.6 is 0 Å². The van der Waals surface area contributed by atoms with Crippen LogP contribution in [0.25, 0.3) is 11.1 Å². The first-order valence-electron chi connectivity index (χ1n) is 14.2. The first-order chi connectivity index (χ1) is 20.2. The Morgan fingerprint density at radius 3 is 1.88 bits per heavy atom. The van der Waals surface area contributed by atoms with Crippen molar-refractivity contribution in [1.82, 2.24) is 0 Å². The van der Waals surface area contributed by atoms with Crippen LogP contribution in [0.4, 0.5) is 11.4 Å². The van der Waals surface area contributed by atoms with E-state index in [0.29, 0.717) is 13.2 Å². The van der Waals surface area contributed by atoms with E-state index < -0.39 is 0 Å². The molecule has 4 aromatic rings. The van der Waals surface area contributed by atoms with Crippen molar-refractivity contribution >= 4 is 23.8 Å². The lowest BCUT2D eigenvalue weighted by atomic mass is 10.0. The van der Waals surface area contributed by atoms with E-state index in [2.05, 4.69) is 48.3 Å². The second kappa shape index (κ2) is 12.9. The Morgan fingerprint density at radius 2 is 1.29 bits per heavy atom. The topological polar surface area (TPSA) is 68.2 Å². The Bertz CT molecular complexity index is 1500. The van der Waals surface area contributed by atoms with Crippen molar-refractivity contribution < 1.29 is 18.9 Å². The lowest BCUT2D eigenvalue weighted by Crippen LogP contribution is -2.06. The number of aliphatic imine (C=N–C) groups is 2. The van der Waals surface area contributed by atoms with Gasteiger partial charge >= 0.3 is 0 Å². The molecule has 2 aliphatic rings. The summed E-state index contributed by atoms with van der Waals surface area (Å²) in [5, 5.41) is 0. The van der Waals surface area contributed by atoms with Gasteiger partial charge in [0.25, 0.3) is 0 Å². The van der Waals surface area contributed by atoms with Gasteiger partial charge in [0.05, 0.1) is 24.6 Å². The van der Waals surface area contributed by atoms with E-state index in [1.807, 2.05) is 67.0 Å². The van der Waals surface area contributed by atoms with Crippen molar-refractivity contribution in [1.29, 1.82) is 0 Å². The molecule has 208 valence electrons. The number of hydrogen-bond acceptors (Lipinski definition) is 6. The summed E-state index contributed by atoms with van der Waals surface area (Å²) in [7, 11) is 0. The largest absolute Gasteiger partial charge is 0.491 e. The Morgan fingerprint density at radius 1 is 0.707 bits per heavy atom. The monoisotopic (exact) mass is 546 g/mol. The fraction of sp³-hybridized carbons (Fsp3) is 0.257. The van der Waals surface area contributed by atoms with Crippen molar-refractivity contribution in [3.8, 4) is 22.6 Å². The minimum Gasteiger partial charge on any atom is -0.491 e. The van der Waals surface area contributed by atoms with Gasteiger partial charge in [-0.15, -0.1) is 0 Å². The summed E-state index contributed by atoms with van der Waals surface area (Å²) in [6, 6.07) is 30.7. The third kappa shape index (κ3) is 7.91. The van der Waals surface area contributed by atoms with E-state index in [0.717, 1.165) is 71.2 Å². The van der Waals surface area contributed by atoms with Crippen LogP contribution in [-0.2, 0) is 15.9 Å². The fourth-order valence-corrected chi connectivity index (χ4v) is 4.45. The molecular formula is C35H34N2O4. The summed E-state index contributed by atoms with van der Waals surface area (Å²) in [6.07, 6.45) is 6.30. The summed E-state index contributed by atoms with van der Waals surface area (Å²) in [4.78, 5) is 9.34. The average Bonchev–Trinajstić information content (AvgIpc) is 3.95. The zero-order chi connectivity index (χ0) is 27.9. The van der Waals surface area contributed by atoms with Crippen LogP contribution in [0.3, 0.4) is 0 Å². The lowest BCUT2D eigenvalue weighted by molar-refractivity contribution is 0.261. The third-order valence-electron chi connectivity index (χ3n) is 6.92. The molecule has 2 atom stereocenters. The van der Waals surface area contributed by atoms with Gasteiger partial charge in [0.2, 0.25) is 0 Å². The quantitative estimate of drug-likeness (QED) is 0.130. The third-order valence-corrected chi connectivity index (χ3v) is 6.92. The highest BCUT2D eigenvalue weighted by Gasteiger charge is 2.24. The average molecular weight is 547 g/mol. The molecule has 4 aromatic carbocycles. The van der Waals surface area contributed by atoms with Crippen LogP contribution in [-0.4, -0.2) is 51.1 Å². The predicted molar refractivity (Wildman–Crippen MR) is 164 cm³/mol. The number of rotatable bonds is 13. The van der Waals surface area contributed by atoms with Gasteiger partial charge in [0, 0.05) is 12.4 Å². The molecule has 0 saturated carbocycles. The molecule has 2 heterocycles. The van der Waals surface area contributed by atoms with Gasteiger partial charge in [0.15, 0.2) is 0 Å². The number of aryl methyl sites for hydroxylation is 1. The second-order valence-electron chi connectivity index (χ2n) is 10.3. The molecule has 0 amide bonds. The van der Waals surface area contributed by atoms with E-state index in [-0.39, 0.29) is 12.2 Å². The number of benzene rings is 4. The van der Waals surface area contributed by atoms with Crippen LogP contribution in [0, 0.1) is 0 Å². The van der Waals surface area contributed by atoms with E-state index in [9.17, 15) is 0 Å². The van der Waals surface area contributed by atoms with Gasteiger partial charge in [-0.3, -0.25) is 9.98 Å². The summed E-state index contributed by atoms with van der Waals surface area (Å²) in [5.74, 6) is 1.77. The number of nitrogens with zero attached hydrogens (tertiary/aromatic N) is 2. The Labute approximate surface area is 241 Å². The number of hydrogen-bond donors (Lipinski definition) is 0. The molecular weight excluding hydrogens is 512 g/mol. The van der Waals surface area contributed by atoms with Crippen LogP contribution in [0.1, 0.15) is 30.0 Å². The van der Waals surface area contributed by atoms with Crippen LogP contribution < -0.4 is 9.47 Å². The smallest absolute Gasteiger partial charge is 0.122 e. The maximum Gasteiger partial charge on any atom is 0.122 e. The van der Waals surface area contributed by atoms with Crippen molar-refractivity contribution in [3.05, 3.63) is 108 Å². The molecule has 6 nitrogen and oxygen atoms in total. The maximum atomic E-state index is 5.96. The van der Waals surface area contributed by atoms with Gasteiger partial charge in [-0.05, 0) is 88.8 Å². The Balaban J connectivity index is 1.06. The summed E-state index contributed by atoms with van der Waals surface area (Å²) in [5.41, 5.74) is 7.34. The zero-order valence-electron chi connectivity index (χ0n) is 23.2. The Kier molecular flexibility index (Phi) is 8.50. The minimum atomic E-state index is 0.241. The Hall–Kier alpha value is -4.26. The molecule has 2 unspecified atom stereocenters. The second-order valence-corrected chi connectivity index (χ2v) is 10.3. The van der Waals surface area contributed by atoms with Crippen molar-refractivity contribution in [2.45, 2.75) is 32.0 Å². The molecule has 2 fully saturated rings. The van der Waals surface area contributed by atoms with Gasteiger partial charge in [-0.2, -0.15) is 0 Å². The number of ether oxygens (including phenoxy) is 4. The van der Waals surface area contributed by atoms with Crippen molar-refractivity contribution in [2.75, 3.05) is 26.4 Å². The summed E-state index contributed by atoms with van der Waals surface area (Å²) >= 11 is 0. The first-order valence-corrected chi connectivity index (χ1v) is 14.2. The SMILES string of the molecule is CCCc1cc(C=Nc2ccc(-c3ccc(N=Cc4cccc(OCC5CO5)c4)cc3)cc2)ccc1OCC1CO1. The highest BCUT2D eigenvalue weighted by Crippen LogP contribution is 2.26. The molecule has 6 rings (SSSR count).